The lowest BCUT2D eigenvalue weighted by Gasteiger charge is -2.22. The molecule has 0 unspecified atom stereocenters. The Hall–Kier alpha value is -2.70. The molecule has 7 heteroatoms. The second kappa shape index (κ2) is 5.83. The molecule has 1 aliphatic heterocycles. The number of primary amides is 1. The van der Waals surface area contributed by atoms with Crippen LogP contribution in [0, 0.1) is 6.92 Å². The summed E-state index contributed by atoms with van der Waals surface area (Å²) in [6.45, 7) is 2.42. The number of hydrogen-bond donors (Lipinski definition) is 1. The third-order valence-corrected chi connectivity index (χ3v) is 4.19. The fourth-order valence-corrected chi connectivity index (χ4v) is 2.85. The van der Waals surface area contributed by atoms with Gasteiger partial charge in [-0.15, -0.1) is 0 Å². The van der Waals surface area contributed by atoms with Gasteiger partial charge < -0.3 is 10.6 Å². The van der Waals surface area contributed by atoms with Gasteiger partial charge >= 0.3 is 0 Å². The van der Waals surface area contributed by atoms with E-state index < -0.39 is 11.9 Å². The Morgan fingerprint density at radius 2 is 2.13 bits per heavy atom. The molecule has 0 spiro atoms. The monoisotopic (exact) mass is 313 g/mol. The molecule has 1 atom stereocenters. The number of rotatable bonds is 3. The Bertz CT molecular complexity index is 748. The van der Waals surface area contributed by atoms with Gasteiger partial charge in [0.1, 0.15) is 11.9 Å². The maximum Gasteiger partial charge on any atom is 0.254 e. The van der Waals surface area contributed by atoms with Gasteiger partial charge in [0.15, 0.2) is 5.82 Å². The zero-order valence-corrected chi connectivity index (χ0v) is 13.2. The zero-order chi connectivity index (χ0) is 16.6. The fraction of sp³-hybridized carbons (Fsp3) is 0.375. The molecule has 2 amide bonds. The van der Waals surface area contributed by atoms with Crippen LogP contribution in [0.2, 0.25) is 0 Å². The quantitative estimate of drug-likeness (QED) is 0.910. The molecule has 2 aromatic rings. The van der Waals surface area contributed by atoms with Crippen molar-refractivity contribution in [2.75, 3.05) is 6.54 Å². The summed E-state index contributed by atoms with van der Waals surface area (Å²) in [5, 5.41) is 4.33. The molecule has 0 bridgehead atoms. The molecule has 1 saturated heterocycles. The van der Waals surface area contributed by atoms with Gasteiger partial charge in [0, 0.05) is 24.7 Å². The summed E-state index contributed by atoms with van der Waals surface area (Å²) in [5.41, 5.74) is 6.68. The van der Waals surface area contributed by atoms with E-state index in [-0.39, 0.29) is 5.91 Å². The standard InChI is InChI=1S/C16H19N5O2/c1-10-18-15(19-20(10)2)11-5-3-6-12(9-11)16(23)21-8-4-7-13(21)14(17)22/h3,5-6,9,13H,4,7-8H2,1-2H3,(H2,17,22)/t13-/m0/s1. The van der Waals surface area contributed by atoms with Crippen molar-refractivity contribution in [2.24, 2.45) is 12.8 Å². The first kappa shape index (κ1) is 15.2. The highest BCUT2D eigenvalue weighted by molar-refractivity contribution is 5.98. The van der Waals surface area contributed by atoms with Crippen LogP contribution in [0.5, 0.6) is 0 Å². The molecule has 3 rings (SSSR count). The Morgan fingerprint density at radius 3 is 2.78 bits per heavy atom. The normalized spacial score (nSPS) is 17.5. The molecule has 2 N–H and O–H groups in total. The predicted molar refractivity (Wildman–Crippen MR) is 84.4 cm³/mol. The van der Waals surface area contributed by atoms with E-state index >= 15 is 0 Å². The van der Waals surface area contributed by atoms with Crippen LogP contribution in [0.1, 0.15) is 29.0 Å². The Labute approximate surface area is 134 Å². The highest BCUT2D eigenvalue weighted by Gasteiger charge is 2.33. The average molecular weight is 313 g/mol. The summed E-state index contributed by atoms with van der Waals surface area (Å²) in [6.07, 6.45) is 1.42. The number of amides is 2. The lowest BCUT2D eigenvalue weighted by Crippen LogP contribution is -2.43. The van der Waals surface area contributed by atoms with Gasteiger partial charge in [-0.2, -0.15) is 5.10 Å². The van der Waals surface area contributed by atoms with Crippen molar-refractivity contribution in [1.29, 1.82) is 0 Å². The highest BCUT2D eigenvalue weighted by atomic mass is 16.2. The summed E-state index contributed by atoms with van der Waals surface area (Å²) in [5.74, 6) is 0.743. The maximum absolute atomic E-state index is 12.7. The molecule has 23 heavy (non-hydrogen) atoms. The van der Waals surface area contributed by atoms with Crippen LogP contribution in [0.15, 0.2) is 24.3 Å². The summed E-state index contributed by atoms with van der Waals surface area (Å²) < 4.78 is 1.69. The average Bonchev–Trinajstić information content (AvgIpc) is 3.14. The van der Waals surface area contributed by atoms with E-state index in [2.05, 4.69) is 10.1 Å². The van der Waals surface area contributed by atoms with Crippen molar-refractivity contribution in [3.05, 3.63) is 35.7 Å². The van der Waals surface area contributed by atoms with E-state index in [4.69, 9.17) is 5.73 Å². The maximum atomic E-state index is 12.7. The summed E-state index contributed by atoms with van der Waals surface area (Å²) >= 11 is 0. The first-order valence-electron chi connectivity index (χ1n) is 7.55. The molecule has 1 aliphatic rings. The molecular weight excluding hydrogens is 294 g/mol. The number of aromatic nitrogens is 3. The van der Waals surface area contributed by atoms with Gasteiger partial charge in [-0.05, 0) is 31.9 Å². The van der Waals surface area contributed by atoms with Crippen LogP contribution in [0.25, 0.3) is 11.4 Å². The van der Waals surface area contributed by atoms with Crippen LogP contribution in [-0.2, 0) is 11.8 Å². The van der Waals surface area contributed by atoms with Crippen molar-refractivity contribution in [3.63, 3.8) is 0 Å². The van der Waals surface area contributed by atoms with Crippen LogP contribution in [-0.4, -0.2) is 44.1 Å². The molecular formula is C16H19N5O2. The number of hydrogen-bond acceptors (Lipinski definition) is 4. The third-order valence-electron chi connectivity index (χ3n) is 4.19. The second-order valence-electron chi connectivity index (χ2n) is 5.75. The molecule has 0 aliphatic carbocycles. The smallest absolute Gasteiger partial charge is 0.254 e. The van der Waals surface area contributed by atoms with Gasteiger partial charge in [0.05, 0.1) is 0 Å². The van der Waals surface area contributed by atoms with Crippen molar-refractivity contribution < 1.29 is 9.59 Å². The van der Waals surface area contributed by atoms with Gasteiger partial charge in [0.25, 0.3) is 5.91 Å². The SMILES string of the molecule is Cc1nc(-c2cccc(C(=O)N3CCC[C@H]3C(N)=O)c2)nn1C. The van der Waals surface area contributed by atoms with E-state index in [0.717, 1.165) is 17.8 Å². The number of nitrogens with two attached hydrogens (primary N) is 1. The van der Waals surface area contributed by atoms with Crippen LogP contribution < -0.4 is 5.73 Å². The van der Waals surface area contributed by atoms with Crippen molar-refractivity contribution >= 4 is 11.8 Å². The Kier molecular flexibility index (Phi) is 3.85. The summed E-state index contributed by atoms with van der Waals surface area (Å²) in [6, 6.07) is 6.64. The number of aryl methyl sites for hydroxylation is 2. The van der Waals surface area contributed by atoms with E-state index in [1.165, 1.54) is 0 Å². The van der Waals surface area contributed by atoms with Crippen LogP contribution in [0.3, 0.4) is 0 Å². The van der Waals surface area contributed by atoms with Gasteiger partial charge in [-0.25, -0.2) is 4.98 Å². The zero-order valence-electron chi connectivity index (χ0n) is 13.2. The summed E-state index contributed by atoms with van der Waals surface area (Å²) in [4.78, 5) is 30.1. The van der Waals surface area contributed by atoms with Crippen molar-refractivity contribution in [1.82, 2.24) is 19.7 Å². The number of carbonyl (C=O) groups is 2. The molecule has 2 heterocycles. The number of likely N-dealkylation sites (tertiary alicyclic amines) is 1. The Balaban J connectivity index is 1.90. The largest absolute Gasteiger partial charge is 0.368 e. The number of benzene rings is 1. The second-order valence-corrected chi connectivity index (χ2v) is 5.75. The predicted octanol–water partition coefficient (Wildman–Crippen LogP) is 0.880. The molecule has 7 nitrogen and oxygen atoms in total. The number of nitrogens with zero attached hydrogens (tertiary/aromatic N) is 4. The van der Waals surface area contributed by atoms with Gasteiger partial charge in [-0.3, -0.25) is 14.3 Å². The minimum absolute atomic E-state index is 0.180. The summed E-state index contributed by atoms with van der Waals surface area (Å²) in [7, 11) is 1.82. The van der Waals surface area contributed by atoms with Gasteiger partial charge in [0.2, 0.25) is 5.91 Å². The fourth-order valence-electron chi connectivity index (χ4n) is 2.85. The van der Waals surface area contributed by atoms with E-state index in [0.29, 0.717) is 24.4 Å². The van der Waals surface area contributed by atoms with Gasteiger partial charge in [-0.1, -0.05) is 12.1 Å². The first-order valence-corrected chi connectivity index (χ1v) is 7.55. The minimum atomic E-state index is -0.513. The van der Waals surface area contributed by atoms with E-state index in [1.807, 2.05) is 20.0 Å². The molecule has 0 radical (unpaired) electrons. The van der Waals surface area contributed by atoms with Crippen LogP contribution >= 0.6 is 0 Å². The first-order chi connectivity index (χ1) is 11.0. The minimum Gasteiger partial charge on any atom is -0.368 e. The third kappa shape index (κ3) is 2.81. The molecule has 1 fully saturated rings. The Morgan fingerprint density at radius 1 is 1.35 bits per heavy atom. The molecule has 0 saturated carbocycles. The lowest BCUT2D eigenvalue weighted by atomic mass is 10.1. The van der Waals surface area contributed by atoms with Crippen LogP contribution in [0.4, 0.5) is 0 Å². The van der Waals surface area contributed by atoms with E-state index in [1.54, 1.807) is 27.8 Å². The molecule has 120 valence electrons. The van der Waals surface area contributed by atoms with E-state index in [9.17, 15) is 9.59 Å². The molecule has 1 aromatic heterocycles. The number of carbonyl (C=O) groups excluding carboxylic acids is 2. The lowest BCUT2D eigenvalue weighted by molar-refractivity contribution is -0.121. The van der Waals surface area contributed by atoms with Crippen molar-refractivity contribution in [3.8, 4) is 11.4 Å². The highest BCUT2D eigenvalue weighted by Crippen LogP contribution is 2.22. The van der Waals surface area contributed by atoms with Crippen molar-refractivity contribution in [2.45, 2.75) is 25.8 Å². The topological polar surface area (TPSA) is 94.1 Å². The molecule has 1 aromatic carbocycles.